The number of methoxy groups -OCH3 is 2. The molecule has 0 amide bonds. The van der Waals surface area contributed by atoms with Gasteiger partial charge >= 0.3 is 0 Å². The maximum Gasteiger partial charge on any atom is 0.193 e. The van der Waals surface area contributed by atoms with E-state index in [4.69, 9.17) is 9.47 Å². The summed E-state index contributed by atoms with van der Waals surface area (Å²) in [6, 6.07) is 22.9. The number of benzene rings is 2. The predicted molar refractivity (Wildman–Crippen MR) is 124 cm³/mol. The fourth-order valence-electron chi connectivity index (χ4n) is 3.50. The lowest BCUT2D eigenvalue weighted by Gasteiger charge is -2.07. The summed E-state index contributed by atoms with van der Waals surface area (Å²) in [5.41, 5.74) is 5.12. The summed E-state index contributed by atoms with van der Waals surface area (Å²) in [4.78, 5) is 22.0. The molecule has 0 aliphatic carbocycles. The van der Waals surface area contributed by atoms with E-state index < -0.39 is 0 Å². The Labute approximate surface area is 187 Å². The zero-order valence-corrected chi connectivity index (χ0v) is 18.1. The third-order valence-electron chi connectivity index (χ3n) is 5.25. The summed E-state index contributed by atoms with van der Waals surface area (Å²) >= 11 is 0. The van der Waals surface area contributed by atoms with Gasteiger partial charge in [0.25, 0.3) is 0 Å². The van der Waals surface area contributed by atoms with Crippen LogP contribution < -0.4 is 9.47 Å². The molecular weight excluding hydrogens is 400 g/mol. The molecule has 2 heterocycles. The van der Waals surface area contributed by atoms with Gasteiger partial charge in [-0.3, -0.25) is 14.8 Å². The van der Waals surface area contributed by atoms with Gasteiger partial charge in [0.15, 0.2) is 5.78 Å². The Hall–Kier alpha value is -3.99. The van der Waals surface area contributed by atoms with Crippen molar-refractivity contribution in [1.29, 1.82) is 0 Å². The van der Waals surface area contributed by atoms with Crippen LogP contribution in [0.3, 0.4) is 0 Å². The average molecular weight is 425 g/mol. The van der Waals surface area contributed by atoms with Crippen LogP contribution in [0.5, 0.6) is 11.5 Å². The summed E-state index contributed by atoms with van der Waals surface area (Å²) in [5.74, 6) is 1.59. The Morgan fingerprint density at radius 2 is 1.06 bits per heavy atom. The van der Waals surface area contributed by atoms with Crippen LogP contribution >= 0.6 is 0 Å². The Morgan fingerprint density at radius 1 is 0.656 bits per heavy atom. The van der Waals surface area contributed by atoms with E-state index in [1.165, 1.54) is 0 Å². The maximum absolute atomic E-state index is 13.1. The number of ether oxygens (including phenoxy) is 2. The quantitative estimate of drug-likeness (QED) is 0.376. The molecule has 0 radical (unpaired) electrons. The van der Waals surface area contributed by atoms with E-state index in [0.29, 0.717) is 24.0 Å². The minimum Gasteiger partial charge on any atom is -0.497 e. The number of aromatic nitrogens is 2. The molecular formula is C27H24N2O3. The zero-order valence-electron chi connectivity index (χ0n) is 18.1. The number of pyridine rings is 2. The van der Waals surface area contributed by atoms with E-state index in [1.54, 1.807) is 38.7 Å². The van der Waals surface area contributed by atoms with Crippen molar-refractivity contribution in [3.05, 3.63) is 119 Å². The molecule has 0 fully saturated rings. The molecule has 0 atom stereocenters. The third kappa shape index (κ3) is 5.19. The van der Waals surface area contributed by atoms with Crippen LogP contribution in [0.25, 0.3) is 0 Å². The van der Waals surface area contributed by atoms with Gasteiger partial charge < -0.3 is 9.47 Å². The zero-order chi connectivity index (χ0) is 22.3. The number of hydrogen-bond acceptors (Lipinski definition) is 5. The Kier molecular flexibility index (Phi) is 6.56. The Bertz CT molecular complexity index is 1110. The van der Waals surface area contributed by atoms with Crippen molar-refractivity contribution in [3.8, 4) is 11.5 Å². The van der Waals surface area contributed by atoms with Crippen molar-refractivity contribution in [2.75, 3.05) is 14.2 Å². The lowest BCUT2D eigenvalue weighted by atomic mass is 10.0. The van der Waals surface area contributed by atoms with E-state index in [-0.39, 0.29) is 5.78 Å². The second-order valence-corrected chi connectivity index (χ2v) is 7.45. The van der Waals surface area contributed by atoms with Crippen molar-refractivity contribution >= 4 is 5.78 Å². The molecule has 0 saturated carbocycles. The lowest BCUT2D eigenvalue weighted by molar-refractivity contribution is 0.103. The smallest absolute Gasteiger partial charge is 0.193 e. The molecule has 0 N–H and O–H groups in total. The number of rotatable bonds is 8. The molecule has 0 bridgehead atoms. The van der Waals surface area contributed by atoms with Gasteiger partial charge in [-0.15, -0.1) is 0 Å². The van der Waals surface area contributed by atoms with E-state index in [0.717, 1.165) is 34.0 Å². The van der Waals surface area contributed by atoms with Crippen LogP contribution in [0.4, 0.5) is 0 Å². The van der Waals surface area contributed by atoms with Crippen molar-refractivity contribution in [2.24, 2.45) is 0 Å². The molecule has 0 unspecified atom stereocenters. The molecule has 160 valence electrons. The standard InChI is InChI=1S/C27H24N2O3/c1-31-25-7-3-19(4-8-25)15-23-17-21(11-13-28-23)27(30)22-12-14-29-24(18-22)16-20-5-9-26(32-2)10-6-20/h3-14,17-18H,15-16H2,1-2H3. The summed E-state index contributed by atoms with van der Waals surface area (Å²) in [6.45, 7) is 0. The highest BCUT2D eigenvalue weighted by Crippen LogP contribution is 2.18. The van der Waals surface area contributed by atoms with Crippen molar-refractivity contribution in [3.63, 3.8) is 0 Å². The number of nitrogens with zero attached hydrogens (tertiary/aromatic N) is 2. The highest BCUT2D eigenvalue weighted by Gasteiger charge is 2.12. The van der Waals surface area contributed by atoms with E-state index in [1.807, 2.05) is 60.7 Å². The van der Waals surface area contributed by atoms with E-state index in [2.05, 4.69) is 9.97 Å². The first kappa shape index (κ1) is 21.2. The fourth-order valence-corrected chi connectivity index (χ4v) is 3.50. The van der Waals surface area contributed by atoms with Gasteiger partial charge in [-0.2, -0.15) is 0 Å². The van der Waals surface area contributed by atoms with Crippen LogP contribution in [0.2, 0.25) is 0 Å². The van der Waals surface area contributed by atoms with Gasteiger partial charge in [-0.25, -0.2) is 0 Å². The molecule has 32 heavy (non-hydrogen) atoms. The molecule has 0 saturated heterocycles. The first-order valence-electron chi connectivity index (χ1n) is 10.3. The first-order valence-corrected chi connectivity index (χ1v) is 10.3. The second-order valence-electron chi connectivity index (χ2n) is 7.45. The predicted octanol–water partition coefficient (Wildman–Crippen LogP) is 4.91. The molecule has 0 spiro atoms. The minimum atomic E-state index is -0.0400. The van der Waals surface area contributed by atoms with Gasteiger partial charge in [0.1, 0.15) is 11.5 Å². The van der Waals surface area contributed by atoms with Gasteiger partial charge in [-0.1, -0.05) is 24.3 Å². The van der Waals surface area contributed by atoms with Gasteiger partial charge in [0.2, 0.25) is 0 Å². The largest absolute Gasteiger partial charge is 0.497 e. The van der Waals surface area contributed by atoms with Crippen LogP contribution in [-0.4, -0.2) is 30.0 Å². The minimum absolute atomic E-state index is 0.0400. The third-order valence-corrected chi connectivity index (χ3v) is 5.25. The summed E-state index contributed by atoms with van der Waals surface area (Å²) in [6.07, 6.45) is 4.66. The molecule has 2 aromatic carbocycles. The van der Waals surface area contributed by atoms with Crippen LogP contribution in [-0.2, 0) is 12.8 Å². The number of carbonyl (C=O) groups is 1. The molecule has 5 heteroatoms. The number of ketones is 1. The molecule has 4 aromatic rings. The Balaban J connectivity index is 1.49. The second kappa shape index (κ2) is 9.88. The lowest BCUT2D eigenvalue weighted by Crippen LogP contribution is -2.05. The first-order chi connectivity index (χ1) is 15.6. The average Bonchev–Trinajstić information content (AvgIpc) is 2.85. The van der Waals surface area contributed by atoms with Crippen molar-refractivity contribution < 1.29 is 14.3 Å². The summed E-state index contributed by atoms with van der Waals surface area (Å²) in [5, 5.41) is 0. The Morgan fingerprint density at radius 3 is 1.44 bits per heavy atom. The van der Waals surface area contributed by atoms with Crippen molar-refractivity contribution in [2.45, 2.75) is 12.8 Å². The van der Waals surface area contributed by atoms with Crippen LogP contribution in [0.1, 0.15) is 38.4 Å². The van der Waals surface area contributed by atoms with Gasteiger partial charge in [-0.05, 0) is 59.7 Å². The number of hydrogen-bond donors (Lipinski definition) is 0. The highest BCUT2D eigenvalue weighted by atomic mass is 16.5. The van der Waals surface area contributed by atoms with Crippen molar-refractivity contribution in [1.82, 2.24) is 9.97 Å². The van der Waals surface area contributed by atoms with Gasteiger partial charge in [0.05, 0.1) is 14.2 Å². The van der Waals surface area contributed by atoms with Crippen LogP contribution in [0.15, 0.2) is 85.2 Å². The van der Waals surface area contributed by atoms with Crippen LogP contribution in [0, 0.1) is 0 Å². The van der Waals surface area contributed by atoms with E-state index >= 15 is 0 Å². The molecule has 0 aliphatic rings. The summed E-state index contributed by atoms with van der Waals surface area (Å²) < 4.78 is 10.4. The maximum atomic E-state index is 13.1. The van der Waals surface area contributed by atoms with Gasteiger partial charge in [0, 0.05) is 47.8 Å². The molecule has 2 aromatic heterocycles. The fraction of sp³-hybridized carbons (Fsp3) is 0.148. The normalized spacial score (nSPS) is 10.6. The molecule has 4 rings (SSSR count). The topological polar surface area (TPSA) is 61.3 Å². The number of carbonyl (C=O) groups excluding carboxylic acids is 1. The SMILES string of the molecule is COc1ccc(Cc2cc(C(=O)c3ccnc(Cc4ccc(OC)cc4)c3)ccn2)cc1. The monoisotopic (exact) mass is 424 g/mol. The summed E-state index contributed by atoms with van der Waals surface area (Å²) in [7, 11) is 3.29. The highest BCUT2D eigenvalue weighted by molar-refractivity contribution is 6.09. The molecule has 5 nitrogen and oxygen atoms in total. The van der Waals surface area contributed by atoms with E-state index in [9.17, 15) is 4.79 Å². The molecule has 0 aliphatic heterocycles.